The van der Waals surface area contributed by atoms with E-state index in [4.69, 9.17) is 0 Å². The van der Waals surface area contributed by atoms with Crippen LogP contribution in [0.5, 0.6) is 0 Å². The largest absolute Gasteiger partial charge is 0.453 e. The number of rotatable bonds is 2. The van der Waals surface area contributed by atoms with Crippen molar-refractivity contribution in [1.82, 2.24) is 10.2 Å². The van der Waals surface area contributed by atoms with Crippen LogP contribution in [0.4, 0.5) is 4.79 Å². The standard InChI is InChI=1S/C12H20N2O4/c1-7(13-12(17)18-2)11(16)14-5-8-3-10(15)4-9(8)6-14/h7-10,15H,3-6H2,1-2H3,(H,13,17)/t7?,8-,9+,10?. The number of hydrogen-bond acceptors (Lipinski definition) is 4. The number of alkyl carbamates (subject to hydrolysis) is 1. The summed E-state index contributed by atoms with van der Waals surface area (Å²) < 4.78 is 4.47. The van der Waals surface area contributed by atoms with Crippen molar-refractivity contribution < 1.29 is 19.4 Å². The van der Waals surface area contributed by atoms with Crippen molar-refractivity contribution in [3.8, 4) is 0 Å². The lowest BCUT2D eigenvalue weighted by Crippen LogP contribution is -2.46. The number of fused-ring (bicyclic) bond motifs is 1. The molecular weight excluding hydrogens is 236 g/mol. The number of nitrogens with one attached hydrogen (secondary N) is 1. The van der Waals surface area contributed by atoms with Crippen molar-refractivity contribution in [2.75, 3.05) is 20.2 Å². The van der Waals surface area contributed by atoms with Gasteiger partial charge in [0, 0.05) is 13.1 Å². The highest BCUT2D eigenvalue weighted by Crippen LogP contribution is 2.38. The predicted octanol–water partition coefficient (Wildman–Crippen LogP) is -0.0398. The molecule has 2 N–H and O–H groups in total. The highest BCUT2D eigenvalue weighted by Gasteiger charge is 2.42. The van der Waals surface area contributed by atoms with Crippen molar-refractivity contribution in [1.29, 1.82) is 0 Å². The number of carbonyl (C=O) groups excluding carboxylic acids is 2. The highest BCUT2D eigenvalue weighted by molar-refractivity contribution is 5.85. The van der Waals surface area contributed by atoms with Gasteiger partial charge in [-0.15, -0.1) is 0 Å². The number of methoxy groups -OCH3 is 1. The van der Waals surface area contributed by atoms with Gasteiger partial charge in [-0.2, -0.15) is 0 Å². The van der Waals surface area contributed by atoms with E-state index in [9.17, 15) is 14.7 Å². The van der Waals surface area contributed by atoms with Crippen LogP contribution >= 0.6 is 0 Å². The Morgan fingerprint density at radius 2 is 1.89 bits per heavy atom. The molecule has 6 heteroatoms. The van der Waals surface area contributed by atoms with Gasteiger partial charge in [-0.1, -0.05) is 0 Å². The van der Waals surface area contributed by atoms with Gasteiger partial charge in [0.15, 0.2) is 0 Å². The molecule has 1 saturated carbocycles. The molecule has 0 aromatic carbocycles. The molecule has 2 aliphatic rings. The Labute approximate surface area is 106 Å². The van der Waals surface area contributed by atoms with Crippen LogP contribution in [0.2, 0.25) is 0 Å². The van der Waals surface area contributed by atoms with E-state index in [1.165, 1.54) is 7.11 Å². The number of hydrogen-bond donors (Lipinski definition) is 2. The molecule has 1 heterocycles. The molecule has 2 fully saturated rings. The molecule has 1 aliphatic heterocycles. The van der Waals surface area contributed by atoms with Crippen molar-refractivity contribution in [2.45, 2.75) is 31.9 Å². The quantitative estimate of drug-likeness (QED) is 0.726. The summed E-state index contributed by atoms with van der Waals surface area (Å²) in [7, 11) is 1.27. The smallest absolute Gasteiger partial charge is 0.407 e. The maximum atomic E-state index is 12.1. The molecule has 2 rings (SSSR count). The second kappa shape index (κ2) is 5.14. The molecule has 4 atom stereocenters. The number of carbonyl (C=O) groups is 2. The van der Waals surface area contributed by atoms with Crippen LogP contribution in [0, 0.1) is 11.8 Å². The van der Waals surface area contributed by atoms with E-state index in [-0.39, 0.29) is 12.0 Å². The molecule has 0 aromatic heterocycles. The second-order valence-electron chi connectivity index (χ2n) is 5.25. The Morgan fingerprint density at radius 3 is 2.39 bits per heavy atom. The molecule has 0 aromatic rings. The molecule has 1 saturated heterocycles. The zero-order valence-electron chi connectivity index (χ0n) is 10.8. The number of ether oxygens (including phenoxy) is 1. The normalized spacial score (nSPS) is 31.9. The molecule has 102 valence electrons. The molecule has 0 radical (unpaired) electrons. The molecular formula is C12H20N2O4. The van der Waals surface area contributed by atoms with Crippen LogP contribution in [-0.2, 0) is 9.53 Å². The summed E-state index contributed by atoms with van der Waals surface area (Å²) >= 11 is 0. The van der Waals surface area contributed by atoms with E-state index in [2.05, 4.69) is 10.1 Å². The SMILES string of the molecule is COC(=O)NC(C)C(=O)N1C[C@H]2CC(O)C[C@H]2C1. The molecule has 0 spiro atoms. The summed E-state index contributed by atoms with van der Waals surface area (Å²) in [6.45, 7) is 3.03. The van der Waals surface area contributed by atoms with E-state index in [1.54, 1.807) is 11.8 Å². The van der Waals surface area contributed by atoms with Gasteiger partial charge in [-0.25, -0.2) is 4.79 Å². The van der Waals surface area contributed by atoms with Crippen LogP contribution in [0.1, 0.15) is 19.8 Å². The number of likely N-dealkylation sites (tertiary alicyclic amines) is 1. The van der Waals surface area contributed by atoms with Gasteiger partial charge in [-0.05, 0) is 31.6 Å². The lowest BCUT2D eigenvalue weighted by molar-refractivity contribution is -0.132. The topological polar surface area (TPSA) is 78.9 Å². The summed E-state index contributed by atoms with van der Waals surface area (Å²) in [5.74, 6) is 0.743. The molecule has 1 aliphatic carbocycles. The number of nitrogens with zero attached hydrogens (tertiary/aromatic N) is 1. The van der Waals surface area contributed by atoms with Gasteiger partial charge in [-0.3, -0.25) is 4.79 Å². The van der Waals surface area contributed by atoms with Crippen molar-refractivity contribution in [3.63, 3.8) is 0 Å². The van der Waals surface area contributed by atoms with Gasteiger partial charge in [0.2, 0.25) is 5.91 Å². The zero-order chi connectivity index (χ0) is 13.3. The van der Waals surface area contributed by atoms with Crippen LogP contribution in [0.15, 0.2) is 0 Å². The molecule has 2 unspecified atom stereocenters. The first kappa shape index (κ1) is 13.1. The monoisotopic (exact) mass is 256 g/mol. The van der Waals surface area contributed by atoms with Gasteiger partial charge in [0.25, 0.3) is 0 Å². The minimum absolute atomic E-state index is 0.0794. The van der Waals surface area contributed by atoms with Gasteiger partial charge >= 0.3 is 6.09 Å². The van der Waals surface area contributed by atoms with E-state index in [0.717, 1.165) is 12.8 Å². The highest BCUT2D eigenvalue weighted by atomic mass is 16.5. The fourth-order valence-corrected chi connectivity index (χ4v) is 3.02. The predicted molar refractivity (Wildman–Crippen MR) is 63.8 cm³/mol. The van der Waals surface area contributed by atoms with Crippen LogP contribution in [-0.4, -0.2) is 54.4 Å². The Bertz CT molecular complexity index is 333. The summed E-state index contributed by atoms with van der Waals surface area (Å²) in [6.07, 6.45) is 0.772. The fraction of sp³-hybridized carbons (Fsp3) is 0.833. The zero-order valence-corrected chi connectivity index (χ0v) is 10.8. The summed E-state index contributed by atoms with van der Waals surface area (Å²) in [4.78, 5) is 24.9. The van der Waals surface area contributed by atoms with Crippen molar-refractivity contribution in [2.24, 2.45) is 11.8 Å². The Balaban J connectivity index is 1.86. The van der Waals surface area contributed by atoms with E-state index in [1.807, 2.05) is 0 Å². The summed E-state index contributed by atoms with van der Waals surface area (Å²) in [6, 6.07) is -0.568. The molecule has 6 nitrogen and oxygen atoms in total. The average molecular weight is 256 g/mol. The lowest BCUT2D eigenvalue weighted by atomic mass is 10.0. The number of amides is 2. The third kappa shape index (κ3) is 2.58. The summed E-state index contributed by atoms with van der Waals surface area (Å²) in [5, 5.41) is 12.0. The van der Waals surface area contributed by atoms with Crippen LogP contribution in [0.3, 0.4) is 0 Å². The maximum Gasteiger partial charge on any atom is 0.407 e. The van der Waals surface area contributed by atoms with Gasteiger partial charge in [0.1, 0.15) is 6.04 Å². The van der Waals surface area contributed by atoms with Crippen molar-refractivity contribution >= 4 is 12.0 Å². The Kier molecular flexibility index (Phi) is 3.75. The van der Waals surface area contributed by atoms with Gasteiger partial charge in [0.05, 0.1) is 13.2 Å². The van der Waals surface area contributed by atoms with E-state index < -0.39 is 12.1 Å². The summed E-state index contributed by atoms with van der Waals surface area (Å²) in [5.41, 5.74) is 0. The first-order valence-electron chi connectivity index (χ1n) is 6.32. The minimum Gasteiger partial charge on any atom is -0.453 e. The Hall–Kier alpha value is -1.30. The molecule has 2 amide bonds. The second-order valence-corrected chi connectivity index (χ2v) is 5.25. The molecule has 0 bridgehead atoms. The Morgan fingerprint density at radius 1 is 1.33 bits per heavy atom. The maximum absolute atomic E-state index is 12.1. The fourth-order valence-electron chi connectivity index (χ4n) is 3.02. The first-order chi connectivity index (χ1) is 8.51. The molecule has 18 heavy (non-hydrogen) atoms. The van der Waals surface area contributed by atoms with Gasteiger partial charge < -0.3 is 20.1 Å². The minimum atomic E-state index is -0.592. The number of aliphatic hydroxyl groups excluding tert-OH is 1. The average Bonchev–Trinajstić information content (AvgIpc) is 2.84. The lowest BCUT2D eigenvalue weighted by Gasteiger charge is -2.22. The third-order valence-corrected chi connectivity index (χ3v) is 3.93. The van der Waals surface area contributed by atoms with E-state index in [0.29, 0.717) is 24.9 Å². The number of aliphatic hydroxyl groups is 1. The third-order valence-electron chi connectivity index (χ3n) is 3.93. The first-order valence-corrected chi connectivity index (χ1v) is 6.32. The van der Waals surface area contributed by atoms with Crippen LogP contribution in [0.25, 0.3) is 0 Å². The van der Waals surface area contributed by atoms with Crippen LogP contribution < -0.4 is 5.32 Å². The van der Waals surface area contributed by atoms with Crippen molar-refractivity contribution in [3.05, 3.63) is 0 Å². The van der Waals surface area contributed by atoms with E-state index >= 15 is 0 Å².